The Kier molecular flexibility index (Phi) is 2.98. The number of hydrogen-bond acceptors (Lipinski definition) is 3. The van der Waals surface area contributed by atoms with Gasteiger partial charge in [0.15, 0.2) is 0 Å². The summed E-state index contributed by atoms with van der Waals surface area (Å²) >= 11 is 2.03. The van der Waals surface area contributed by atoms with Crippen LogP contribution in [0.2, 0.25) is 0 Å². The minimum absolute atomic E-state index is 0.135. The van der Waals surface area contributed by atoms with Crippen molar-refractivity contribution in [2.45, 2.75) is 25.4 Å². The van der Waals surface area contributed by atoms with Crippen LogP contribution in [-0.4, -0.2) is 30.2 Å². The fourth-order valence-corrected chi connectivity index (χ4v) is 3.10. The van der Waals surface area contributed by atoms with Crippen LogP contribution in [0.1, 0.15) is 19.3 Å². The van der Waals surface area contributed by atoms with Gasteiger partial charge in [-0.15, -0.1) is 0 Å². The molecular formula is C9H15NO2S. The van der Waals surface area contributed by atoms with Gasteiger partial charge in [-0.2, -0.15) is 11.8 Å². The van der Waals surface area contributed by atoms with Gasteiger partial charge in [-0.3, -0.25) is 0 Å². The number of alkyl carbamates (subject to hydrolysis) is 1. The van der Waals surface area contributed by atoms with Crippen LogP contribution in [-0.2, 0) is 4.74 Å². The Morgan fingerprint density at radius 3 is 3.15 bits per heavy atom. The SMILES string of the molecule is O=C1NCC(CC2CCCSC2)O1. The summed E-state index contributed by atoms with van der Waals surface area (Å²) in [5.41, 5.74) is 0. The lowest BCUT2D eigenvalue weighted by atomic mass is 9.98. The molecule has 1 amide bonds. The summed E-state index contributed by atoms with van der Waals surface area (Å²) < 4.78 is 5.10. The fourth-order valence-electron chi connectivity index (χ4n) is 1.93. The number of carbonyl (C=O) groups excluding carboxylic acids is 1. The van der Waals surface area contributed by atoms with Crippen molar-refractivity contribution in [3.8, 4) is 0 Å². The smallest absolute Gasteiger partial charge is 0.407 e. The molecule has 0 aromatic carbocycles. The van der Waals surface area contributed by atoms with Crippen LogP contribution in [0, 0.1) is 5.92 Å². The first kappa shape index (κ1) is 9.19. The van der Waals surface area contributed by atoms with Gasteiger partial charge < -0.3 is 10.1 Å². The van der Waals surface area contributed by atoms with Gasteiger partial charge in [-0.25, -0.2) is 4.79 Å². The Labute approximate surface area is 82.6 Å². The lowest BCUT2D eigenvalue weighted by Crippen LogP contribution is -2.21. The Bertz CT molecular complexity index is 192. The Morgan fingerprint density at radius 2 is 2.54 bits per heavy atom. The van der Waals surface area contributed by atoms with Crippen LogP contribution in [0.15, 0.2) is 0 Å². The number of amides is 1. The van der Waals surface area contributed by atoms with E-state index < -0.39 is 0 Å². The first-order valence-electron chi connectivity index (χ1n) is 4.87. The number of hydrogen-bond donors (Lipinski definition) is 1. The largest absolute Gasteiger partial charge is 0.444 e. The van der Waals surface area contributed by atoms with Gasteiger partial charge in [0, 0.05) is 0 Å². The topological polar surface area (TPSA) is 38.3 Å². The molecule has 2 aliphatic heterocycles. The zero-order chi connectivity index (χ0) is 9.10. The lowest BCUT2D eigenvalue weighted by molar-refractivity contribution is 0.126. The van der Waals surface area contributed by atoms with Crippen molar-refractivity contribution in [1.29, 1.82) is 0 Å². The monoisotopic (exact) mass is 201 g/mol. The molecule has 4 heteroatoms. The lowest BCUT2D eigenvalue weighted by Gasteiger charge is -2.22. The van der Waals surface area contributed by atoms with Gasteiger partial charge in [-0.1, -0.05) is 0 Å². The molecule has 0 aliphatic carbocycles. The van der Waals surface area contributed by atoms with E-state index in [1.807, 2.05) is 11.8 Å². The molecule has 0 radical (unpaired) electrons. The van der Waals surface area contributed by atoms with Gasteiger partial charge in [0.05, 0.1) is 6.54 Å². The number of thioether (sulfide) groups is 1. The molecule has 0 saturated carbocycles. The second-order valence-corrected chi connectivity index (χ2v) is 4.88. The normalized spacial score (nSPS) is 34.0. The minimum Gasteiger partial charge on any atom is -0.444 e. The number of cyclic esters (lactones) is 1. The molecule has 2 rings (SSSR count). The molecular weight excluding hydrogens is 186 g/mol. The van der Waals surface area contributed by atoms with Crippen molar-refractivity contribution >= 4 is 17.9 Å². The summed E-state index contributed by atoms with van der Waals surface area (Å²) in [6.45, 7) is 0.708. The average molecular weight is 201 g/mol. The van der Waals surface area contributed by atoms with Crippen molar-refractivity contribution in [2.24, 2.45) is 5.92 Å². The first-order valence-corrected chi connectivity index (χ1v) is 6.02. The zero-order valence-electron chi connectivity index (χ0n) is 7.62. The molecule has 2 aliphatic rings. The molecule has 0 aromatic heterocycles. The molecule has 2 fully saturated rings. The van der Waals surface area contributed by atoms with Gasteiger partial charge in [0.2, 0.25) is 0 Å². The van der Waals surface area contributed by atoms with E-state index in [1.165, 1.54) is 24.3 Å². The molecule has 2 saturated heterocycles. The molecule has 0 bridgehead atoms. The number of rotatable bonds is 2. The van der Waals surface area contributed by atoms with Gasteiger partial charge in [0.1, 0.15) is 6.10 Å². The molecule has 0 spiro atoms. The van der Waals surface area contributed by atoms with Gasteiger partial charge in [0.25, 0.3) is 0 Å². The number of ether oxygens (including phenoxy) is 1. The summed E-state index contributed by atoms with van der Waals surface area (Å²) in [4.78, 5) is 10.8. The van der Waals surface area contributed by atoms with Crippen molar-refractivity contribution in [3.05, 3.63) is 0 Å². The van der Waals surface area contributed by atoms with Crippen molar-refractivity contribution in [1.82, 2.24) is 5.32 Å². The molecule has 2 unspecified atom stereocenters. The maximum atomic E-state index is 10.8. The summed E-state index contributed by atoms with van der Waals surface area (Å²) in [7, 11) is 0. The molecule has 2 heterocycles. The molecule has 1 N–H and O–H groups in total. The quantitative estimate of drug-likeness (QED) is 0.738. The van der Waals surface area contributed by atoms with E-state index in [-0.39, 0.29) is 12.2 Å². The third-order valence-corrected chi connectivity index (χ3v) is 3.88. The number of carbonyl (C=O) groups is 1. The summed E-state index contributed by atoms with van der Waals surface area (Å²) in [5, 5.41) is 2.69. The fraction of sp³-hybridized carbons (Fsp3) is 0.889. The highest BCUT2D eigenvalue weighted by Crippen LogP contribution is 2.27. The van der Waals surface area contributed by atoms with Crippen LogP contribution < -0.4 is 5.32 Å². The molecule has 0 aromatic rings. The van der Waals surface area contributed by atoms with E-state index in [0.717, 1.165) is 12.3 Å². The highest BCUT2D eigenvalue weighted by molar-refractivity contribution is 7.99. The highest BCUT2D eigenvalue weighted by atomic mass is 32.2. The average Bonchev–Trinajstić information content (AvgIpc) is 2.53. The molecule has 13 heavy (non-hydrogen) atoms. The Balaban J connectivity index is 1.73. The predicted octanol–water partition coefficient (Wildman–Crippen LogP) is 1.63. The van der Waals surface area contributed by atoms with Crippen LogP contribution in [0.25, 0.3) is 0 Å². The summed E-state index contributed by atoms with van der Waals surface area (Å²) in [6.07, 6.45) is 3.57. The van der Waals surface area contributed by atoms with E-state index in [2.05, 4.69) is 5.32 Å². The Hall–Kier alpha value is -0.380. The third kappa shape index (κ3) is 2.53. The zero-order valence-corrected chi connectivity index (χ0v) is 8.44. The second kappa shape index (κ2) is 4.22. The minimum atomic E-state index is -0.242. The first-order chi connectivity index (χ1) is 6.34. The van der Waals surface area contributed by atoms with E-state index in [9.17, 15) is 4.79 Å². The predicted molar refractivity (Wildman–Crippen MR) is 52.9 cm³/mol. The van der Waals surface area contributed by atoms with Crippen LogP contribution >= 0.6 is 11.8 Å². The van der Waals surface area contributed by atoms with Crippen LogP contribution in [0.3, 0.4) is 0 Å². The summed E-state index contributed by atoms with van der Waals surface area (Å²) in [5.74, 6) is 3.31. The second-order valence-electron chi connectivity index (χ2n) is 3.73. The summed E-state index contributed by atoms with van der Waals surface area (Å²) in [6, 6.07) is 0. The maximum Gasteiger partial charge on any atom is 0.407 e. The third-order valence-electron chi connectivity index (χ3n) is 2.60. The van der Waals surface area contributed by atoms with Crippen molar-refractivity contribution in [3.63, 3.8) is 0 Å². The van der Waals surface area contributed by atoms with Gasteiger partial charge in [-0.05, 0) is 36.7 Å². The van der Waals surface area contributed by atoms with Gasteiger partial charge >= 0.3 is 6.09 Å². The van der Waals surface area contributed by atoms with Crippen LogP contribution in [0.4, 0.5) is 4.79 Å². The highest BCUT2D eigenvalue weighted by Gasteiger charge is 2.26. The maximum absolute atomic E-state index is 10.8. The Morgan fingerprint density at radius 1 is 1.62 bits per heavy atom. The number of nitrogens with one attached hydrogen (secondary N) is 1. The molecule has 74 valence electrons. The van der Waals surface area contributed by atoms with Crippen LogP contribution in [0.5, 0.6) is 0 Å². The van der Waals surface area contributed by atoms with E-state index in [4.69, 9.17) is 4.74 Å². The van der Waals surface area contributed by atoms with Crippen molar-refractivity contribution < 1.29 is 9.53 Å². The molecule has 2 atom stereocenters. The molecule has 3 nitrogen and oxygen atoms in total. The van der Waals surface area contributed by atoms with Crippen molar-refractivity contribution in [2.75, 3.05) is 18.1 Å². The van der Waals surface area contributed by atoms with E-state index in [1.54, 1.807) is 0 Å². The van der Waals surface area contributed by atoms with E-state index >= 15 is 0 Å². The standard InChI is InChI=1S/C9H15NO2S/c11-9-10-5-8(12-9)4-7-2-1-3-13-6-7/h7-8H,1-6H2,(H,10,11). The van der Waals surface area contributed by atoms with E-state index in [0.29, 0.717) is 6.54 Å².